The summed E-state index contributed by atoms with van der Waals surface area (Å²) >= 11 is 3.95. The molecule has 0 bridgehead atoms. The average molecular weight is 235 g/mol. The molecular formula is C9H18NO2PS. The lowest BCUT2D eigenvalue weighted by Crippen LogP contribution is -2.32. The summed E-state index contributed by atoms with van der Waals surface area (Å²) in [5, 5.41) is 0. The minimum absolute atomic E-state index is 0.294. The molecule has 0 aromatic rings. The number of carbonyl (C=O) groups is 1. The maximum atomic E-state index is 11.2. The zero-order valence-electron chi connectivity index (χ0n) is 8.24. The topological polar surface area (TPSA) is 52.3 Å². The predicted molar refractivity (Wildman–Crippen MR) is 63.1 cm³/mol. The largest absolute Gasteiger partial charge is 0.447 e. The first kappa shape index (κ1) is 12.3. The molecule has 1 rings (SSSR count). The van der Waals surface area contributed by atoms with Crippen LogP contribution in [0, 0.1) is 0 Å². The number of nitrogens with two attached hydrogens (primary N) is 1. The van der Waals surface area contributed by atoms with Crippen molar-refractivity contribution in [2.24, 2.45) is 5.73 Å². The van der Waals surface area contributed by atoms with Crippen molar-refractivity contribution in [3.8, 4) is 0 Å². The monoisotopic (exact) mass is 235 g/mol. The second kappa shape index (κ2) is 6.65. The van der Waals surface area contributed by atoms with E-state index >= 15 is 0 Å². The lowest BCUT2D eigenvalue weighted by molar-refractivity contribution is -0.134. The van der Waals surface area contributed by atoms with Gasteiger partial charge in [0.2, 0.25) is 0 Å². The molecule has 0 spiro atoms. The molecule has 0 aromatic heterocycles. The third-order valence-electron chi connectivity index (χ3n) is 2.43. The van der Waals surface area contributed by atoms with E-state index in [1.54, 1.807) is 0 Å². The highest BCUT2D eigenvalue weighted by atomic mass is 32.1. The molecule has 0 radical (unpaired) electrons. The molecule has 3 nitrogen and oxygen atoms in total. The Morgan fingerprint density at radius 2 is 2.14 bits per heavy atom. The van der Waals surface area contributed by atoms with Crippen molar-refractivity contribution in [1.82, 2.24) is 0 Å². The van der Waals surface area contributed by atoms with Crippen LogP contribution in [0.25, 0.3) is 0 Å². The average Bonchev–Trinajstić information content (AvgIpc) is 2.26. The normalized spacial score (nSPS) is 21.3. The molecule has 2 atom stereocenters. The third kappa shape index (κ3) is 4.16. The molecule has 1 aliphatic rings. The summed E-state index contributed by atoms with van der Waals surface area (Å²) < 4.78 is 5.15. The Hall–Kier alpha value is 0.210. The van der Waals surface area contributed by atoms with Crippen LogP contribution >= 0.6 is 21.4 Å². The van der Waals surface area contributed by atoms with Crippen LogP contribution in [0.15, 0.2) is 0 Å². The van der Waals surface area contributed by atoms with Crippen LogP contribution in [0.3, 0.4) is 0 Å². The smallest absolute Gasteiger partial charge is 0.326 e. The van der Waals surface area contributed by atoms with Gasteiger partial charge in [0.1, 0.15) is 6.04 Å². The van der Waals surface area contributed by atoms with Crippen LogP contribution in [0.4, 0.5) is 0 Å². The van der Waals surface area contributed by atoms with E-state index in [2.05, 4.69) is 12.6 Å². The number of rotatable bonds is 4. The zero-order valence-corrected chi connectivity index (χ0v) is 10.1. The second-order valence-corrected chi connectivity index (χ2v) is 5.28. The molecule has 1 saturated carbocycles. The molecule has 0 saturated heterocycles. The highest BCUT2D eigenvalue weighted by Gasteiger charge is 2.18. The highest BCUT2D eigenvalue weighted by Crippen LogP contribution is 2.33. The lowest BCUT2D eigenvalue weighted by Gasteiger charge is -2.21. The van der Waals surface area contributed by atoms with Crippen LogP contribution in [0.5, 0.6) is 0 Å². The molecule has 2 unspecified atom stereocenters. The van der Waals surface area contributed by atoms with Crippen molar-refractivity contribution in [2.75, 3.05) is 5.75 Å². The molecule has 0 amide bonds. The molecular weight excluding hydrogens is 217 g/mol. The van der Waals surface area contributed by atoms with E-state index in [9.17, 15) is 4.79 Å². The molecule has 82 valence electrons. The number of thiol groups is 1. The summed E-state index contributed by atoms with van der Waals surface area (Å²) in [6.07, 6.45) is 6.26. The minimum Gasteiger partial charge on any atom is -0.447 e. The number of hydrogen-bond acceptors (Lipinski definition) is 4. The summed E-state index contributed by atoms with van der Waals surface area (Å²) in [6.45, 7) is 0. The minimum atomic E-state index is -0.561. The van der Waals surface area contributed by atoms with E-state index in [0.29, 0.717) is 20.2 Å². The molecule has 0 heterocycles. The van der Waals surface area contributed by atoms with Gasteiger partial charge in [0, 0.05) is 11.4 Å². The van der Waals surface area contributed by atoms with Gasteiger partial charge in [-0.2, -0.15) is 12.6 Å². The first-order valence-corrected chi connectivity index (χ1v) is 6.68. The number of carbonyl (C=O) groups excluding carboxylic acids is 1. The van der Waals surface area contributed by atoms with E-state index in [-0.39, 0.29) is 5.97 Å². The Balaban J connectivity index is 2.15. The van der Waals surface area contributed by atoms with Gasteiger partial charge >= 0.3 is 5.97 Å². The first-order chi connectivity index (χ1) is 6.74. The summed E-state index contributed by atoms with van der Waals surface area (Å²) in [6, 6.07) is -0.561. The van der Waals surface area contributed by atoms with Crippen molar-refractivity contribution in [1.29, 1.82) is 0 Å². The molecule has 0 aliphatic heterocycles. The van der Waals surface area contributed by atoms with E-state index < -0.39 is 6.04 Å². The van der Waals surface area contributed by atoms with Crippen molar-refractivity contribution in [3.63, 3.8) is 0 Å². The van der Waals surface area contributed by atoms with E-state index in [1.807, 2.05) is 0 Å². The van der Waals surface area contributed by atoms with Crippen molar-refractivity contribution >= 4 is 27.4 Å². The standard InChI is InChI=1S/C9H18NO2PS/c10-8(6-14)9(11)12-13-7-4-2-1-3-5-7/h7-8,13-14H,1-6,10H2. The maximum Gasteiger partial charge on any atom is 0.326 e. The van der Waals surface area contributed by atoms with E-state index in [4.69, 9.17) is 10.3 Å². The Morgan fingerprint density at radius 3 is 2.71 bits per heavy atom. The van der Waals surface area contributed by atoms with Crippen LogP contribution in [-0.2, 0) is 9.32 Å². The van der Waals surface area contributed by atoms with Gasteiger partial charge < -0.3 is 10.3 Å². The van der Waals surface area contributed by atoms with Crippen molar-refractivity contribution < 1.29 is 9.32 Å². The first-order valence-electron chi connectivity index (χ1n) is 5.06. The predicted octanol–water partition coefficient (Wildman–Crippen LogP) is 1.71. The maximum absolute atomic E-state index is 11.2. The molecule has 2 N–H and O–H groups in total. The fourth-order valence-corrected chi connectivity index (χ4v) is 2.74. The summed E-state index contributed by atoms with van der Waals surface area (Å²) in [5.41, 5.74) is 6.07. The molecule has 5 heteroatoms. The Bertz CT molecular complexity index is 186. The van der Waals surface area contributed by atoms with E-state index in [1.165, 1.54) is 32.1 Å². The third-order valence-corrected chi connectivity index (χ3v) is 4.05. The van der Waals surface area contributed by atoms with Gasteiger partial charge in [0.25, 0.3) is 0 Å². The SMILES string of the molecule is NC(CS)C(=O)OPC1CCCCC1. The van der Waals surface area contributed by atoms with Crippen molar-refractivity contribution in [2.45, 2.75) is 43.8 Å². The van der Waals surface area contributed by atoms with Gasteiger partial charge in [0.05, 0.1) is 8.81 Å². The van der Waals surface area contributed by atoms with Gasteiger partial charge in [-0.25, -0.2) is 0 Å². The fraction of sp³-hybridized carbons (Fsp3) is 0.889. The zero-order chi connectivity index (χ0) is 10.4. The molecule has 0 aromatic carbocycles. The van der Waals surface area contributed by atoms with Gasteiger partial charge in [-0.05, 0) is 12.8 Å². The van der Waals surface area contributed by atoms with Gasteiger partial charge in [-0.1, -0.05) is 19.3 Å². The molecule has 14 heavy (non-hydrogen) atoms. The van der Waals surface area contributed by atoms with Crippen LogP contribution in [-0.4, -0.2) is 23.4 Å². The fourth-order valence-electron chi connectivity index (χ4n) is 1.51. The second-order valence-electron chi connectivity index (χ2n) is 3.66. The summed E-state index contributed by atoms with van der Waals surface area (Å²) in [4.78, 5) is 11.2. The lowest BCUT2D eigenvalue weighted by atomic mass is 10.0. The number of hydrogen-bond donors (Lipinski definition) is 2. The van der Waals surface area contributed by atoms with Crippen molar-refractivity contribution in [3.05, 3.63) is 0 Å². The van der Waals surface area contributed by atoms with Crippen LogP contribution in [0.1, 0.15) is 32.1 Å². The Kier molecular flexibility index (Phi) is 5.83. The van der Waals surface area contributed by atoms with Crippen LogP contribution in [0.2, 0.25) is 0 Å². The molecule has 1 fully saturated rings. The van der Waals surface area contributed by atoms with Crippen LogP contribution < -0.4 is 5.73 Å². The van der Waals surface area contributed by atoms with Gasteiger partial charge in [-0.15, -0.1) is 0 Å². The van der Waals surface area contributed by atoms with Gasteiger partial charge in [0.15, 0.2) is 0 Å². The molecule has 1 aliphatic carbocycles. The summed E-state index contributed by atoms with van der Waals surface area (Å²) in [5.74, 6) is 0.0532. The highest BCUT2D eigenvalue weighted by molar-refractivity contribution is 7.80. The Labute approximate surface area is 92.4 Å². The summed E-state index contributed by atoms with van der Waals surface area (Å²) in [7, 11) is 0.294. The van der Waals surface area contributed by atoms with E-state index in [0.717, 1.165) is 0 Å². The Morgan fingerprint density at radius 1 is 1.50 bits per heavy atom. The van der Waals surface area contributed by atoms with Gasteiger partial charge in [-0.3, -0.25) is 4.79 Å². The quantitative estimate of drug-likeness (QED) is 0.576.